The Bertz CT molecular complexity index is 1460. The van der Waals surface area contributed by atoms with Crippen LogP contribution in [0.4, 0.5) is 11.6 Å². The van der Waals surface area contributed by atoms with E-state index in [1.54, 1.807) is 18.5 Å². The van der Waals surface area contributed by atoms with E-state index in [-0.39, 0.29) is 11.9 Å². The van der Waals surface area contributed by atoms with Gasteiger partial charge < -0.3 is 16.2 Å². The van der Waals surface area contributed by atoms with Crippen LogP contribution in [-0.4, -0.2) is 20.8 Å². The van der Waals surface area contributed by atoms with E-state index in [2.05, 4.69) is 39.2 Å². The number of hydrogen-bond donors (Lipinski definition) is 2. The Labute approximate surface area is 209 Å². The second kappa shape index (κ2) is 9.14. The van der Waals surface area contributed by atoms with Crippen LogP contribution < -0.4 is 21.2 Å². The van der Waals surface area contributed by atoms with Gasteiger partial charge >= 0.3 is 0 Å². The maximum absolute atomic E-state index is 6.42. The first-order chi connectivity index (χ1) is 17.7. The second-order valence-corrected chi connectivity index (χ2v) is 8.77. The normalized spacial score (nSPS) is 17.1. The summed E-state index contributed by atoms with van der Waals surface area (Å²) in [5, 5.41) is 6.78. The number of fused-ring (bicyclic) bond motifs is 1. The number of ether oxygens (including phenoxy) is 1. The summed E-state index contributed by atoms with van der Waals surface area (Å²) in [6, 6.07) is 23.7. The number of nitrogen functional groups attached to an aromatic ring is 1. The number of hydrogen-bond acceptors (Lipinski definition) is 8. The predicted molar refractivity (Wildman–Crippen MR) is 141 cm³/mol. The molecule has 0 amide bonds. The van der Waals surface area contributed by atoms with Gasteiger partial charge in [0, 0.05) is 23.9 Å². The van der Waals surface area contributed by atoms with E-state index in [1.807, 2.05) is 47.5 Å². The zero-order chi connectivity index (χ0) is 24.5. The van der Waals surface area contributed by atoms with Crippen LogP contribution in [0, 0.1) is 5.92 Å². The van der Waals surface area contributed by atoms with Crippen LogP contribution in [0.2, 0.25) is 0 Å². The van der Waals surface area contributed by atoms with E-state index < -0.39 is 0 Å². The molecule has 2 aromatic heterocycles. The second-order valence-electron chi connectivity index (χ2n) is 8.77. The number of pyridine rings is 1. The topological polar surface area (TPSA) is 116 Å². The molecule has 0 radical (unpaired) electrons. The summed E-state index contributed by atoms with van der Waals surface area (Å²) in [5.41, 5.74) is 18.1. The Morgan fingerprint density at radius 3 is 2.50 bits per heavy atom. The number of nitrogens with two attached hydrogens (primary N) is 2. The van der Waals surface area contributed by atoms with Gasteiger partial charge in [0.05, 0.1) is 22.6 Å². The minimum atomic E-state index is 0.195. The predicted octanol–water partition coefficient (Wildman–Crippen LogP) is 5.22. The molecule has 1 atom stereocenters. The molecule has 4 N–H and O–H groups in total. The van der Waals surface area contributed by atoms with Gasteiger partial charge in [-0.3, -0.25) is 0 Å². The number of hydrazone groups is 1. The fourth-order valence-electron chi connectivity index (χ4n) is 4.87. The Kier molecular flexibility index (Phi) is 5.53. The van der Waals surface area contributed by atoms with Crippen LogP contribution in [-0.2, 0) is 0 Å². The lowest BCUT2D eigenvalue weighted by molar-refractivity contribution is 0.465. The summed E-state index contributed by atoms with van der Waals surface area (Å²) in [5.74, 6) is 2.16. The van der Waals surface area contributed by atoms with Crippen molar-refractivity contribution in [1.82, 2.24) is 15.0 Å². The lowest BCUT2D eigenvalue weighted by Crippen LogP contribution is -2.33. The van der Waals surface area contributed by atoms with E-state index in [9.17, 15) is 0 Å². The van der Waals surface area contributed by atoms with Gasteiger partial charge in [-0.2, -0.15) is 5.10 Å². The Hall–Kier alpha value is -4.72. The van der Waals surface area contributed by atoms with Gasteiger partial charge in [-0.25, -0.2) is 20.0 Å². The van der Waals surface area contributed by atoms with Gasteiger partial charge in [-0.15, -0.1) is 0 Å². The largest absolute Gasteiger partial charge is 0.438 e. The van der Waals surface area contributed by atoms with Gasteiger partial charge in [0.25, 0.3) is 0 Å². The van der Waals surface area contributed by atoms with Crippen LogP contribution in [0.25, 0.3) is 17.0 Å². The molecule has 0 spiro atoms. The van der Waals surface area contributed by atoms with Crippen molar-refractivity contribution >= 4 is 23.2 Å². The van der Waals surface area contributed by atoms with Crippen molar-refractivity contribution in [2.45, 2.75) is 19.3 Å². The Morgan fingerprint density at radius 2 is 1.69 bits per heavy atom. The first-order valence-corrected chi connectivity index (χ1v) is 11.9. The zero-order valence-corrected chi connectivity index (χ0v) is 19.6. The van der Waals surface area contributed by atoms with Gasteiger partial charge in [-0.1, -0.05) is 30.3 Å². The van der Waals surface area contributed by atoms with Crippen LogP contribution in [0.3, 0.4) is 0 Å². The van der Waals surface area contributed by atoms with Gasteiger partial charge in [0.15, 0.2) is 0 Å². The molecule has 1 aliphatic carbocycles. The molecule has 178 valence electrons. The molecule has 4 aromatic rings. The summed E-state index contributed by atoms with van der Waals surface area (Å²) < 4.78 is 6.14. The van der Waals surface area contributed by atoms with E-state index in [0.717, 1.165) is 41.8 Å². The molecule has 1 unspecified atom stereocenters. The maximum atomic E-state index is 6.42. The number of amidine groups is 1. The fraction of sp³-hybridized carbons (Fsp3) is 0.143. The molecule has 1 aliphatic heterocycles. The van der Waals surface area contributed by atoms with Crippen molar-refractivity contribution in [3.8, 4) is 22.9 Å². The van der Waals surface area contributed by atoms with Crippen LogP contribution in [0.1, 0.15) is 24.8 Å². The molecular formula is C28H25N7O. The number of benzene rings is 2. The third-order valence-corrected chi connectivity index (χ3v) is 6.51. The van der Waals surface area contributed by atoms with E-state index >= 15 is 0 Å². The Balaban J connectivity index is 1.32. The van der Waals surface area contributed by atoms with E-state index in [4.69, 9.17) is 21.3 Å². The van der Waals surface area contributed by atoms with Crippen LogP contribution in [0.15, 0.2) is 95.9 Å². The van der Waals surface area contributed by atoms with E-state index in [0.29, 0.717) is 23.2 Å². The highest BCUT2D eigenvalue weighted by molar-refractivity contribution is 5.96. The molecule has 8 nitrogen and oxygen atoms in total. The molecule has 0 bridgehead atoms. The molecule has 2 aliphatic rings. The minimum Gasteiger partial charge on any atom is -0.438 e. The summed E-state index contributed by atoms with van der Waals surface area (Å²) in [7, 11) is 0. The SMILES string of the molecule is NC1=NN(c2ccc(Oc3ncccc3-c3ccnc(N)n3)cc2)C(c2ccccc2)=C2CCCC12. The fourth-order valence-corrected chi connectivity index (χ4v) is 4.87. The van der Waals surface area contributed by atoms with Crippen LogP contribution in [0.5, 0.6) is 11.6 Å². The zero-order valence-electron chi connectivity index (χ0n) is 19.6. The first kappa shape index (κ1) is 21.8. The summed E-state index contributed by atoms with van der Waals surface area (Å²) in [6.07, 6.45) is 6.49. The smallest absolute Gasteiger partial charge is 0.228 e. The molecule has 0 saturated heterocycles. The highest BCUT2D eigenvalue weighted by atomic mass is 16.5. The average molecular weight is 476 g/mol. The van der Waals surface area contributed by atoms with Crippen LogP contribution >= 0.6 is 0 Å². The van der Waals surface area contributed by atoms with Gasteiger partial charge in [-0.05, 0) is 67.3 Å². The van der Waals surface area contributed by atoms with Gasteiger partial charge in [0.1, 0.15) is 11.6 Å². The molecule has 3 heterocycles. The molecule has 1 fully saturated rings. The van der Waals surface area contributed by atoms with Crippen molar-refractivity contribution in [3.05, 3.63) is 96.3 Å². The molecule has 2 aromatic carbocycles. The molecular weight excluding hydrogens is 450 g/mol. The highest BCUT2D eigenvalue weighted by Crippen LogP contribution is 2.43. The molecule has 36 heavy (non-hydrogen) atoms. The van der Waals surface area contributed by atoms with E-state index in [1.165, 1.54) is 5.57 Å². The standard InChI is InChI=1S/C28H25N7O/c29-26-22-9-4-8-21(22)25(18-6-2-1-3-7-18)35(34-26)19-11-13-20(14-12-19)36-27-23(10-5-16-31-27)24-15-17-32-28(30)33-24/h1-3,5-7,10-17,22H,4,8-9H2,(H2,29,34)(H2,30,32,33). The molecule has 6 rings (SSSR count). The number of anilines is 2. The number of nitrogens with zero attached hydrogens (tertiary/aromatic N) is 5. The Morgan fingerprint density at radius 1 is 0.861 bits per heavy atom. The first-order valence-electron chi connectivity index (χ1n) is 11.9. The quantitative estimate of drug-likeness (QED) is 0.407. The number of aromatic nitrogens is 3. The number of rotatable bonds is 5. The van der Waals surface area contributed by atoms with Crippen molar-refractivity contribution < 1.29 is 4.74 Å². The summed E-state index contributed by atoms with van der Waals surface area (Å²) in [6.45, 7) is 0. The summed E-state index contributed by atoms with van der Waals surface area (Å²) in [4.78, 5) is 12.7. The average Bonchev–Trinajstić information content (AvgIpc) is 3.41. The van der Waals surface area contributed by atoms with Crippen molar-refractivity contribution in [1.29, 1.82) is 0 Å². The third-order valence-electron chi connectivity index (χ3n) is 6.51. The van der Waals surface area contributed by atoms with Gasteiger partial charge in [0.2, 0.25) is 11.8 Å². The molecule has 8 heteroatoms. The maximum Gasteiger partial charge on any atom is 0.228 e. The lowest BCUT2D eigenvalue weighted by Gasteiger charge is -2.32. The lowest BCUT2D eigenvalue weighted by atomic mass is 9.94. The third kappa shape index (κ3) is 4.02. The summed E-state index contributed by atoms with van der Waals surface area (Å²) >= 11 is 0. The minimum absolute atomic E-state index is 0.195. The van der Waals surface area contributed by atoms with Crippen molar-refractivity contribution in [2.24, 2.45) is 16.8 Å². The highest BCUT2D eigenvalue weighted by Gasteiger charge is 2.34. The van der Waals surface area contributed by atoms with Crippen molar-refractivity contribution in [3.63, 3.8) is 0 Å². The monoisotopic (exact) mass is 475 g/mol. The van der Waals surface area contributed by atoms with Crippen molar-refractivity contribution in [2.75, 3.05) is 10.7 Å². The molecule has 1 saturated carbocycles.